The van der Waals surface area contributed by atoms with E-state index in [9.17, 15) is 9.18 Å². The van der Waals surface area contributed by atoms with E-state index in [1.807, 2.05) is 45.0 Å². The second-order valence-corrected chi connectivity index (χ2v) is 8.19. The third-order valence-electron chi connectivity index (χ3n) is 4.74. The number of hydrogen-bond acceptors (Lipinski definition) is 4. The average molecular weight is 421 g/mol. The number of nitrogens with one attached hydrogen (secondary N) is 1. The molecule has 2 heterocycles. The van der Waals surface area contributed by atoms with Gasteiger partial charge in [-0.1, -0.05) is 36.0 Å². The van der Waals surface area contributed by atoms with Gasteiger partial charge in [0.05, 0.1) is 11.9 Å². The van der Waals surface area contributed by atoms with Gasteiger partial charge in [0, 0.05) is 16.9 Å². The number of aryl methyl sites for hydroxylation is 3. The first-order valence-corrected chi connectivity index (χ1v) is 10.5. The molecule has 0 bridgehead atoms. The first kappa shape index (κ1) is 20.1. The van der Waals surface area contributed by atoms with Crippen LogP contribution < -0.4 is 5.32 Å². The fourth-order valence-electron chi connectivity index (χ4n) is 3.18. The smallest absolute Gasteiger partial charge is 0.234 e. The van der Waals surface area contributed by atoms with Gasteiger partial charge in [0.2, 0.25) is 5.91 Å². The third kappa shape index (κ3) is 4.21. The Balaban J connectivity index is 1.56. The van der Waals surface area contributed by atoms with Crippen LogP contribution in [0.5, 0.6) is 0 Å². The van der Waals surface area contributed by atoms with Crippen LogP contribution in [-0.2, 0) is 4.79 Å². The van der Waals surface area contributed by atoms with Gasteiger partial charge in [0.1, 0.15) is 10.8 Å². The number of nitrogens with zero attached hydrogens (tertiary/aromatic N) is 3. The highest BCUT2D eigenvalue weighted by atomic mass is 32.2. The van der Waals surface area contributed by atoms with Gasteiger partial charge >= 0.3 is 0 Å². The van der Waals surface area contributed by atoms with Crippen molar-refractivity contribution in [3.05, 3.63) is 77.4 Å². The Morgan fingerprint density at radius 3 is 2.63 bits per heavy atom. The molecule has 0 saturated heterocycles. The monoisotopic (exact) mass is 420 g/mol. The van der Waals surface area contributed by atoms with Crippen LogP contribution in [0.1, 0.15) is 16.8 Å². The summed E-state index contributed by atoms with van der Waals surface area (Å²) in [5.41, 5.74) is 6.11. The van der Waals surface area contributed by atoms with Crippen molar-refractivity contribution in [1.29, 1.82) is 0 Å². The molecule has 4 rings (SSSR count). The maximum atomic E-state index is 13.3. The molecule has 2 aromatic carbocycles. The van der Waals surface area contributed by atoms with E-state index < -0.39 is 0 Å². The molecule has 1 N–H and O–H groups in total. The van der Waals surface area contributed by atoms with E-state index in [0.717, 1.165) is 38.7 Å². The topological polar surface area (TPSA) is 59.3 Å². The standard InChI is InChI=1S/C23H21FN4OS/c1-14-4-5-15(2)20(10-14)27-21(29)13-30-22-11-16(3)26-23-19(12-25-28(22)23)17-6-8-18(24)9-7-17/h4-12H,13H2,1-3H3,(H,27,29). The molecule has 2 aromatic heterocycles. The maximum Gasteiger partial charge on any atom is 0.234 e. The Labute approximate surface area is 178 Å². The van der Waals surface area contributed by atoms with Gasteiger partial charge in [-0.05, 0) is 61.7 Å². The number of carbonyl (C=O) groups is 1. The summed E-state index contributed by atoms with van der Waals surface area (Å²) in [6, 6.07) is 14.1. The lowest BCUT2D eigenvalue weighted by atomic mass is 10.1. The summed E-state index contributed by atoms with van der Waals surface area (Å²) < 4.78 is 15.0. The van der Waals surface area contributed by atoms with Crippen LogP contribution in [0.4, 0.5) is 10.1 Å². The minimum atomic E-state index is -0.287. The van der Waals surface area contributed by atoms with Crippen molar-refractivity contribution in [3.8, 4) is 11.1 Å². The van der Waals surface area contributed by atoms with Crippen molar-refractivity contribution in [2.75, 3.05) is 11.1 Å². The van der Waals surface area contributed by atoms with Crippen LogP contribution in [0.25, 0.3) is 16.8 Å². The Morgan fingerprint density at radius 1 is 1.10 bits per heavy atom. The summed E-state index contributed by atoms with van der Waals surface area (Å²) >= 11 is 1.40. The lowest BCUT2D eigenvalue weighted by molar-refractivity contribution is -0.113. The molecular weight excluding hydrogens is 399 g/mol. The number of halogens is 1. The highest BCUT2D eigenvalue weighted by Crippen LogP contribution is 2.28. The lowest BCUT2D eigenvalue weighted by Crippen LogP contribution is -2.15. The summed E-state index contributed by atoms with van der Waals surface area (Å²) in [4.78, 5) is 17.1. The molecule has 152 valence electrons. The SMILES string of the molecule is Cc1ccc(C)c(NC(=O)CSc2cc(C)nc3c(-c4ccc(F)cc4)cnn23)c1. The van der Waals surface area contributed by atoms with Gasteiger partial charge < -0.3 is 5.32 Å². The molecule has 30 heavy (non-hydrogen) atoms. The third-order valence-corrected chi connectivity index (χ3v) is 5.73. The van der Waals surface area contributed by atoms with Gasteiger partial charge in [-0.3, -0.25) is 4.79 Å². The van der Waals surface area contributed by atoms with Crippen molar-refractivity contribution in [2.45, 2.75) is 25.8 Å². The molecule has 0 fully saturated rings. The largest absolute Gasteiger partial charge is 0.325 e. The molecule has 0 aliphatic rings. The Hall–Kier alpha value is -3.19. The zero-order valence-corrected chi connectivity index (χ0v) is 17.8. The number of rotatable bonds is 5. The molecule has 7 heteroatoms. The fourth-order valence-corrected chi connectivity index (χ4v) is 4.04. The van der Waals surface area contributed by atoms with Crippen LogP contribution in [0.2, 0.25) is 0 Å². The predicted molar refractivity (Wildman–Crippen MR) is 118 cm³/mol. The van der Waals surface area contributed by atoms with E-state index in [-0.39, 0.29) is 17.5 Å². The van der Waals surface area contributed by atoms with Gasteiger partial charge in [0.15, 0.2) is 5.65 Å². The van der Waals surface area contributed by atoms with Gasteiger partial charge in [-0.15, -0.1) is 0 Å². The van der Waals surface area contributed by atoms with Crippen LogP contribution in [-0.4, -0.2) is 26.3 Å². The molecule has 1 amide bonds. The number of benzene rings is 2. The van der Waals surface area contributed by atoms with E-state index in [4.69, 9.17) is 0 Å². The molecule has 0 atom stereocenters. The second kappa shape index (κ2) is 8.28. The number of amides is 1. The molecule has 0 aliphatic heterocycles. The Morgan fingerprint density at radius 2 is 1.87 bits per heavy atom. The van der Waals surface area contributed by atoms with E-state index in [1.165, 1.54) is 23.9 Å². The van der Waals surface area contributed by atoms with Gasteiger partial charge in [-0.2, -0.15) is 5.10 Å². The van der Waals surface area contributed by atoms with Crippen molar-refractivity contribution in [2.24, 2.45) is 0 Å². The fraction of sp³-hybridized carbons (Fsp3) is 0.174. The number of carbonyl (C=O) groups excluding carboxylic acids is 1. The molecule has 0 unspecified atom stereocenters. The molecular formula is C23H21FN4OS. The average Bonchev–Trinajstić information content (AvgIpc) is 3.13. The summed E-state index contributed by atoms with van der Waals surface area (Å²) in [6.45, 7) is 5.87. The van der Waals surface area contributed by atoms with Crippen molar-refractivity contribution in [3.63, 3.8) is 0 Å². The first-order valence-electron chi connectivity index (χ1n) is 9.52. The molecule has 5 nitrogen and oxygen atoms in total. The molecule has 0 saturated carbocycles. The van der Waals surface area contributed by atoms with E-state index in [0.29, 0.717) is 5.65 Å². The van der Waals surface area contributed by atoms with Crippen molar-refractivity contribution >= 4 is 29.0 Å². The summed E-state index contributed by atoms with van der Waals surface area (Å²) in [5, 5.41) is 8.26. The Kier molecular flexibility index (Phi) is 5.55. The normalized spacial score (nSPS) is 11.1. The molecule has 0 spiro atoms. The minimum absolute atomic E-state index is 0.0813. The van der Waals surface area contributed by atoms with E-state index in [2.05, 4.69) is 15.4 Å². The summed E-state index contributed by atoms with van der Waals surface area (Å²) in [6.07, 6.45) is 1.72. The van der Waals surface area contributed by atoms with Crippen molar-refractivity contribution < 1.29 is 9.18 Å². The number of fused-ring (bicyclic) bond motifs is 1. The molecule has 4 aromatic rings. The first-order chi connectivity index (χ1) is 14.4. The van der Waals surface area contributed by atoms with Crippen molar-refractivity contribution in [1.82, 2.24) is 14.6 Å². The van der Waals surface area contributed by atoms with Crippen LogP contribution in [0.15, 0.2) is 59.8 Å². The zero-order chi connectivity index (χ0) is 21.3. The Bertz CT molecular complexity index is 1230. The summed E-state index contributed by atoms with van der Waals surface area (Å²) in [5.74, 6) is -0.120. The van der Waals surface area contributed by atoms with E-state index in [1.54, 1.807) is 22.8 Å². The maximum absolute atomic E-state index is 13.3. The van der Waals surface area contributed by atoms with Gasteiger partial charge in [0.25, 0.3) is 0 Å². The number of thioether (sulfide) groups is 1. The lowest BCUT2D eigenvalue weighted by Gasteiger charge is -2.10. The quantitative estimate of drug-likeness (QED) is 0.356. The zero-order valence-electron chi connectivity index (χ0n) is 16.9. The van der Waals surface area contributed by atoms with E-state index >= 15 is 0 Å². The second-order valence-electron chi connectivity index (χ2n) is 7.19. The molecule has 0 radical (unpaired) electrons. The number of anilines is 1. The number of aromatic nitrogens is 3. The summed E-state index contributed by atoms with van der Waals surface area (Å²) in [7, 11) is 0. The van der Waals surface area contributed by atoms with Crippen LogP contribution in [0, 0.1) is 26.6 Å². The highest BCUT2D eigenvalue weighted by molar-refractivity contribution is 7.99. The number of hydrogen-bond donors (Lipinski definition) is 1. The minimum Gasteiger partial charge on any atom is -0.325 e. The van der Waals surface area contributed by atoms with Gasteiger partial charge in [-0.25, -0.2) is 13.9 Å². The van der Waals surface area contributed by atoms with Crippen LogP contribution >= 0.6 is 11.8 Å². The predicted octanol–water partition coefficient (Wildman–Crippen LogP) is 5.19. The molecule has 0 aliphatic carbocycles. The highest BCUT2D eigenvalue weighted by Gasteiger charge is 2.14. The van der Waals surface area contributed by atoms with Crippen LogP contribution in [0.3, 0.4) is 0 Å².